The van der Waals surface area contributed by atoms with Crippen molar-refractivity contribution in [2.75, 3.05) is 39.3 Å². The second kappa shape index (κ2) is 7.37. The summed E-state index contributed by atoms with van der Waals surface area (Å²) < 4.78 is 5.48. The molecule has 2 aliphatic heterocycles. The summed E-state index contributed by atoms with van der Waals surface area (Å²) in [6.07, 6.45) is 1.82. The number of fused-ring (bicyclic) bond motifs is 1. The Labute approximate surface area is 157 Å². The minimum absolute atomic E-state index is 0.190. The number of carbonyl (C=O) groups is 2. The van der Waals surface area contributed by atoms with Crippen LogP contribution in [0, 0.1) is 17.8 Å². The lowest BCUT2D eigenvalue weighted by atomic mass is 10.0. The van der Waals surface area contributed by atoms with E-state index >= 15 is 0 Å². The van der Waals surface area contributed by atoms with Crippen LogP contribution in [0.4, 0.5) is 4.79 Å². The van der Waals surface area contributed by atoms with Crippen molar-refractivity contribution >= 4 is 12.0 Å². The standard InChI is InChI=1S/C20H35N3O3/c1-6-21(7-2)18(24)17-15-12-23(13-16(15)17)14-8-10-22(11-9-14)19(25)26-20(3,4)5/h14-17H,6-13H2,1-5H3/t15-,16+,17?. The number of hydrogen-bond donors (Lipinski definition) is 0. The minimum atomic E-state index is -0.434. The predicted octanol–water partition coefficient (Wildman–Crippen LogP) is 2.43. The Hall–Kier alpha value is -1.30. The molecular formula is C20H35N3O3. The Morgan fingerprint density at radius 1 is 1.04 bits per heavy atom. The van der Waals surface area contributed by atoms with Crippen LogP contribution >= 0.6 is 0 Å². The average Bonchev–Trinajstić information content (AvgIpc) is 3.08. The number of hydrogen-bond acceptors (Lipinski definition) is 4. The normalized spacial score (nSPS) is 29.4. The zero-order chi connectivity index (χ0) is 19.1. The third-order valence-electron chi connectivity index (χ3n) is 6.22. The fourth-order valence-electron chi connectivity index (χ4n) is 4.71. The Bertz CT molecular complexity index is 521. The molecule has 1 aliphatic carbocycles. The first-order valence-electron chi connectivity index (χ1n) is 10.3. The molecule has 0 bridgehead atoms. The van der Waals surface area contributed by atoms with E-state index in [9.17, 15) is 9.59 Å². The van der Waals surface area contributed by atoms with Crippen LogP contribution in [0.1, 0.15) is 47.5 Å². The van der Waals surface area contributed by atoms with Crippen LogP contribution in [-0.2, 0) is 9.53 Å². The van der Waals surface area contributed by atoms with Crippen LogP contribution in [-0.4, -0.2) is 77.6 Å². The number of nitrogens with zero attached hydrogens (tertiary/aromatic N) is 3. The van der Waals surface area contributed by atoms with E-state index in [1.165, 1.54) is 0 Å². The van der Waals surface area contributed by atoms with E-state index in [0.29, 0.717) is 23.8 Å². The van der Waals surface area contributed by atoms with Gasteiger partial charge < -0.3 is 14.5 Å². The summed E-state index contributed by atoms with van der Waals surface area (Å²) in [5.74, 6) is 1.76. The summed E-state index contributed by atoms with van der Waals surface area (Å²) in [4.78, 5) is 31.1. The Morgan fingerprint density at radius 2 is 1.58 bits per heavy atom. The van der Waals surface area contributed by atoms with Gasteiger partial charge in [-0.2, -0.15) is 0 Å². The van der Waals surface area contributed by atoms with Gasteiger partial charge >= 0.3 is 6.09 Å². The number of carbonyl (C=O) groups excluding carboxylic acids is 2. The van der Waals surface area contributed by atoms with Crippen LogP contribution in [0.2, 0.25) is 0 Å². The average molecular weight is 366 g/mol. The summed E-state index contributed by atoms with van der Waals surface area (Å²) in [5, 5.41) is 0. The van der Waals surface area contributed by atoms with Crippen molar-refractivity contribution in [1.82, 2.24) is 14.7 Å². The molecule has 0 aromatic carbocycles. The highest BCUT2D eigenvalue weighted by atomic mass is 16.6. The molecule has 3 aliphatic rings. The van der Waals surface area contributed by atoms with Crippen LogP contribution in [0.5, 0.6) is 0 Å². The first-order valence-corrected chi connectivity index (χ1v) is 10.3. The van der Waals surface area contributed by atoms with Crippen molar-refractivity contribution in [1.29, 1.82) is 0 Å². The van der Waals surface area contributed by atoms with Gasteiger partial charge in [0, 0.05) is 51.2 Å². The van der Waals surface area contributed by atoms with Gasteiger partial charge in [-0.05, 0) is 59.3 Å². The first-order chi connectivity index (χ1) is 12.2. The highest BCUT2D eigenvalue weighted by Gasteiger charge is 2.60. The van der Waals surface area contributed by atoms with Crippen LogP contribution in [0.3, 0.4) is 0 Å². The van der Waals surface area contributed by atoms with Crippen molar-refractivity contribution in [3.05, 3.63) is 0 Å². The van der Waals surface area contributed by atoms with Crippen molar-refractivity contribution in [2.24, 2.45) is 17.8 Å². The van der Waals surface area contributed by atoms with E-state index < -0.39 is 5.60 Å². The number of likely N-dealkylation sites (tertiary alicyclic amines) is 2. The fourth-order valence-corrected chi connectivity index (χ4v) is 4.71. The highest BCUT2D eigenvalue weighted by molar-refractivity contribution is 5.82. The van der Waals surface area contributed by atoms with E-state index in [2.05, 4.69) is 18.7 Å². The van der Waals surface area contributed by atoms with Gasteiger partial charge in [0.15, 0.2) is 0 Å². The molecule has 2 heterocycles. The van der Waals surface area contributed by atoms with Gasteiger partial charge in [0.2, 0.25) is 5.91 Å². The maximum absolute atomic E-state index is 12.5. The maximum Gasteiger partial charge on any atom is 0.410 e. The molecule has 3 atom stereocenters. The van der Waals surface area contributed by atoms with E-state index in [-0.39, 0.29) is 12.0 Å². The Kier molecular flexibility index (Phi) is 5.52. The lowest BCUT2D eigenvalue weighted by Crippen LogP contribution is -2.48. The predicted molar refractivity (Wildman–Crippen MR) is 101 cm³/mol. The SMILES string of the molecule is CCN(CC)C(=O)C1[C@H]2CN(C3CCN(C(=O)OC(C)(C)C)CC3)C[C@@H]12. The number of rotatable bonds is 4. The van der Waals surface area contributed by atoms with E-state index in [1.54, 1.807) is 0 Å². The van der Waals surface area contributed by atoms with Gasteiger partial charge in [0.25, 0.3) is 0 Å². The zero-order valence-corrected chi connectivity index (χ0v) is 17.0. The zero-order valence-electron chi connectivity index (χ0n) is 17.0. The molecule has 2 saturated heterocycles. The lowest BCUT2D eigenvalue weighted by Gasteiger charge is -2.38. The summed E-state index contributed by atoms with van der Waals surface area (Å²) in [7, 11) is 0. The molecule has 6 heteroatoms. The van der Waals surface area contributed by atoms with Gasteiger partial charge in [-0.25, -0.2) is 4.79 Å². The minimum Gasteiger partial charge on any atom is -0.444 e. The van der Waals surface area contributed by atoms with Crippen LogP contribution in [0.15, 0.2) is 0 Å². The number of ether oxygens (including phenoxy) is 1. The summed E-state index contributed by atoms with van der Waals surface area (Å²) >= 11 is 0. The summed E-state index contributed by atoms with van der Waals surface area (Å²) in [5.41, 5.74) is -0.434. The van der Waals surface area contributed by atoms with Gasteiger partial charge in [0.05, 0.1) is 0 Å². The summed E-state index contributed by atoms with van der Waals surface area (Å²) in [6.45, 7) is 15.1. The molecule has 0 aromatic heterocycles. The highest BCUT2D eigenvalue weighted by Crippen LogP contribution is 2.53. The monoisotopic (exact) mass is 365 g/mol. The second-order valence-electron chi connectivity index (χ2n) is 9.02. The van der Waals surface area contributed by atoms with Crippen molar-refractivity contribution in [3.8, 4) is 0 Å². The van der Waals surface area contributed by atoms with E-state index in [1.807, 2.05) is 30.6 Å². The van der Waals surface area contributed by atoms with Gasteiger partial charge in [-0.1, -0.05) is 0 Å². The van der Waals surface area contributed by atoms with Crippen LogP contribution < -0.4 is 0 Å². The molecule has 0 aromatic rings. The van der Waals surface area contributed by atoms with Gasteiger partial charge in [-0.3, -0.25) is 9.69 Å². The van der Waals surface area contributed by atoms with Crippen molar-refractivity contribution in [2.45, 2.75) is 59.1 Å². The Morgan fingerprint density at radius 3 is 2.04 bits per heavy atom. The third kappa shape index (κ3) is 4.00. The lowest BCUT2D eigenvalue weighted by molar-refractivity contribution is -0.133. The third-order valence-corrected chi connectivity index (χ3v) is 6.22. The Balaban J connectivity index is 1.43. The molecular weight excluding hydrogens is 330 g/mol. The van der Waals surface area contributed by atoms with Gasteiger partial charge in [-0.15, -0.1) is 0 Å². The molecule has 6 nitrogen and oxygen atoms in total. The number of amides is 2. The molecule has 148 valence electrons. The molecule has 26 heavy (non-hydrogen) atoms. The van der Waals surface area contributed by atoms with Crippen LogP contribution in [0.25, 0.3) is 0 Å². The van der Waals surface area contributed by atoms with Gasteiger partial charge in [0.1, 0.15) is 5.60 Å². The maximum atomic E-state index is 12.5. The summed E-state index contributed by atoms with van der Waals surface area (Å²) in [6, 6.07) is 0.547. The van der Waals surface area contributed by atoms with Crippen molar-refractivity contribution < 1.29 is 14.3 Å². The smallest absolute Gasteiger partial charge is 0.410 e. The quantitative estimate of drug-likeness (QED) is 0.768. The molecule has 3 rings (SSSR count). The topological polar surface area (TPSA) is 53.1 Å². The molecule has 0 spiro atoms. The van der Waals surface area contributed by atoms with Crippen molar-refractivity contribution in [3.63, 3.8) is 0 Å². The van der Waals surface area contributed by atoms with E-state index in [4.69, 9.17) is 4.74 Å². The molecule has 3 fully saturated rings. The first kappa shape index (κ1) is 19.5. The van der Waals surface area contributed by atoms with E-state index in [0.717, 1.165) is 52.1 Å². The second-order valence-corrected chi connectivity index (χ2v) is 9.02. The molecule has 2 amide bonds. The fraction of sp³-hybridized carbons (Fsp3) is 0.900. The molecule has 0 radical (unpaired) electrons. The molecule has 1 saturated carbocycles. The number of piperidine rings is 2. The molecule has 0 N–H and O–H groups in total. The molecule has 1 unspecified atom stereocenters. The largest absolute Gasteiger partial charge is 0.444 e.